The van der Waals surface area contributed by atoms with Gasteiger partial charge in [0, 0.05) is 0 Å². The first-order valence-corrected chi connectivity index (χ1v) is 19.8. The second-order valence-electron chi connectivity index (χ2n) is 5.86. The molecular weight excluding hydrogens is 476 g/mol. The molecule has 0 bridgehead atoms. The predicted molar refractivity (Wildman–Crippen MR) is 75.4 cm³/mol. The summed E-state index contributed by atoms with van der Waals surface area (Å²) >= 11 is -1.97. The number of allylic oxidation sites excluding steroid dienone is 4. The van der Waals surface area contributed by atoms with Crippen molar-refractivity contribution in [3.63, 3.8) is 0 Å². The Morgan fingerprint density at radius 1 is 1.30 bits per heavy atom. The summed E-state index contributed by atoms with van der Waals surface area (Å²) in [5.41, 5.74) is 1.40. The van der Waals surface area contributed by atoms with Gasteiger partial charge in [-0.1, -0.05) is 0 Å². The van der Waals surface area contributed by atoms with Gasteiger partial charge in [0.2, 0.25) is 0 Å². The van der Waals surface area contributed by atoms with Gasteiger partial charge in [-0.2, -0.15) is 0 Å². The Bertz CT molecular complexity index is 393. The molecule has 0 atom stereocenters. The van der Waals surface area contributed by atoms with E-state index < -0.39 is 26.9 Å². The third-order valence-electron chi connectivity index (χ3n) is 3.95. The van der Waals surface area contributed by atoms with Gasteiger partial charge >= 0.3 is 120 Å². The van der Waals surface area contributed by atoms with Gasteiger partial charge in [0.15, 0.2) is 0 Å². The van der Waals surface area contributed by atoms with Gasteiger partial charge in [0.05, 0.1) is 0 Å². The maximum atomic E-state index is 12.3. The van der Waals surface area contributed by atoms with Gasteiger partial charge in [-0.25, -0.2) is 0 Å². The molecule has 1 saturated carbocycles. The molecule has 0 aliphatic heterocycles. The van der Waals surface area contributed by atoms with Crippen molar-refractivity contribution in [1.29, 1.82) is 0 Å². The Morgan fingerprint density at radius 3 is 2.35 bits per heavy atom. The van der Waals surface area contributed by atoms with Gasteiger partial charge in [0.1, 0.15) is 0 Å². The van der Waals surface area contributed by atoms with Crippen LogP contribution >= 0.6 is 0 Å². The number of nitrogens with one attached hydrogen (secondary N) is 1. The van der Waals surface area contributed by atoms with Crippen LogP contribution in [-0.4, -0.2) is 11.9 Å². The van der Waals surface area contributed by atoms with Crippen molar-refractivity contribution in [2.75, 3.05) is 0 Å². The summed E-state index contributed by atoms with van der Waals surface area (Å²) < 4.78 is 5.20. The second kappa shape index (κ2) is 9.60. The van der Waals surface area contributed by atoms with Gasteiger partial charge in [-0.3, -0.25) is 0 Å². The summed E-state index contributed by atoms with van der Waals surface area (Å²) in [6.45, 7) is 7.02. The van der Waals surface area contributed by atoms with E-state index in [9.17, 15) is 4.79 Å². The van der Waals surface area contributed by atoms with Crippen LogP contribution in [-0.2, 0) is 25.7 Å². The molecule has 6 heteroatoms. The van der Waals surface area contributed by atoms with Gasteiger partial charge in [0.25, 0.3) is 0 Å². The first-order chi connectivity index (χ1) is 8.58. The first kappa shape index (κ1) is 20.6. The van der Waals surface area contributed by atoms with Gasteiger partial charge < -0.3 is 24.8 Å². The maximum absolute atomic E-state index is 12.3. The van der Waals surface area contributed by atoms with Crippen LogP contribution in [0.5, 0.6) is 0 Å². The van der Waals surface area contributed by atoms with Crippen molar-refractivity contribution in [2.45, 2.75) is 52.1 Å². The zero-order valence-electron chi connectivity index (χ0n) is 12.5. The largest absolute Gasteiger partial charge is 1.00 e. The molecule has 113 valence electrons. The molecule has 0 heterocycles. The molecule has 2 aliphatic rings. The standard InChI is InChI=1S/C6H11NO.C6H7.C2H7Si.2ClH.Hf/c7-6(8)5-3-1-2-4-5;1-6-4-2-3-5-6;1-3-2;;;/h5H,1-4H2,(H2,7,8);4-5H,2H2,1H3;3H,1-2H3;2*1H;/q;;;;;+3/p-3. The molecule has 0 aromatic rings. The molecule has 1 N–H and O–H groups in total. The molecule has 2 nitrogen and oxygen atoms in total. The summed E-state index contributed by atoms with van der Waals surface area (Å²) in [4.78, 5) is 12.3. The van der Waals surface area contributed by atoms with E-state index in [1.54, 1.807) is 3.33 Å². The maximum Gasteiger partial charge on any atom is -1.00 e. The SMILES string of the molecule is CC1=CC[C]([Hf+2]([NH]C(=O)C2CCCC2)[SiH](C)C)=C1.[Cl-].[Cl-]. The number of hydrogen-bond donors (Lipinski definition) is 1. The fourth-order valence-electron chi connectivity index (χ4n) is 2.87. The fourth-order valence-corrected chi connectivity index (χ4v) is 22.6. The van der Waals surface area contributed by atoms with E-state index in [4.69, 9.17) is 0 Å². The average Bonchev–Trinajstić information content (AvgIpc) is 2.95. The van der Waals surface area contributed by atoms with Crippen LogP contribution in [0.25, 0.3) is 0 Å². The molecule has 1 amide bonds. The van der Waals surface area contributed by atoms with Crippen LogP contribution in [0.4, 0.5) is 0 Å². The number of amides is 1. The number of carbonyl (C=O) groups is 1. The molecule has 0 aromatic carbocycles. The Hall–Kier alpha value is 0.617. The number of hydrogen-bond acceptors (Lipinski definition) is 1. The number of rotatable bonds is 4. The minimum atomic E-state index is -1.97. The monoisotopic (exact) mass is 500 g/mol. The van der Waals surface area contributed by atoms with Crippen molar-refractivity contribution in [3.8, 4) is 0 Å². The second-order valence-corrected chi connectivity index (χ2v) is 31.5. The van der Waals surface area contributed by atoms with Crippen LogP contribution in [0.1, 0.15) is 39.0 Å². The molecule has 2 rings (SSSR count). The van der Waals surface area contributed by atoms with Gasteiger partial charge in [-0.05, 0) is 0 Å². The van der Waals surface area contributed by atoms with Crippen LogP contribution in [0.3, 0.4) is 0 Å². The van der Waals surface area contributed by atoms with E-state index in [2.05, 4.69) is 35.5 Å². The Kier molecular flexibility index (Phi) is 9.89. The summed E-state index contributed by atoms with van der Waals surface area (Å²) in [6.07, 6.45) is 10.6. The van der Waals surface area contributed by atoms with Crippen molar-refractivity contribution >= 4 is 11.9 Å². The quantitative estimate of drug-likeness (QED) is 0.412. The third-order valence-corrected chi connectivity index (χ3v) is 27.4. The predicted octanol–water partition coefficient (Wildman–Crippen LogP) is -2.95. The fraction of sp³-hybridized carbons (Fsp3) is 0.643. The molecule has 1 fully saturated rings. The van der Waals surface area contributed by atoms with E-state index in [0.29, 0.717) is 11.8 Å². The molecule has 0 saturated heterocycles. The molecule has 0 unspecified atom stereocenters. The average molecular weight is 500 g/mol. The Morgan fingerprint density at radius 2 is 1.90 bits per heavy atom. The van der Waals surface area contributed by atoms with Crippen molar-refractivity contribution in [3.05, 3.63) is 21.1 Å². The Labute approximate surface area is 144 Å². The van der Waals surface area contributed by atoms with E-state index in [-0.39, 0.29) is 24.8 Å². The van der Waals surface area contributed by atoms with E-state index >= 15 is 0 Å². The molecule has 2 aliphatic carbocycles. The number of carbonyl (C=O) groups excluding carboxylic acids is 1. The molecule has 20 heavy (non-hydrogen) atoms. The van der Waals surface area contributed by atoms with Crippen LogP contribution in [0.2, 0.25) is 13.1 Å². The number of halogens is 2. The van der Waals surface area contributed by atoms with Crippen LogP contribution in [0, 0.1) is 5.92 Å². The third kappa shape index (κ3) is 5.43. The molecule has 0 spiro atoms. The normalized spacial score (nSPS) is 18.0. The van der Waals surface area contributed by atoms with Crippen molar-refractivity contribution < 1.29 is 50.5 Å². The topological polar surface area (TPSA) is 29.1 Å². The van der Waals surface area contributed by atoms with Crippen LogP contribution < -0.4 is 28.1 Å². The van der Waals surface area contributed by atoms with Crippen molar-refractivity contribution in [2.24, 2.45) is 5.92 Å². The van der Waals surface area contributed by atoms with E-state index in [1.807, 2.05) is 0 Å². The molecule has 0 aromatic heterocycles. The molecule has 0 radical (unpaired) electrons. The van der Waals surface area contributed by atoms with Crippen molar-refractivity contribution in [1.82, 2.24) is 3.30 Å². The minimum absolute atomic E-state index is 0. The Balaban J connectivity index is 0.00000180. The smallest absolute Gasteiger partial charge is 1.00 e. The zero-order valence-corrected chi connectivity index (χ0v) is 18.8. The summed E-state index contributed by atoms with van der Waals surface area (Å²) in [5.74, 6) is 0.0600. The van der Waals surface area contributed by atoms with Crippen LogP contribution in [0.15, 0.2) is 21.1 Å². The van der Waals surface area contributed by atoms with E-state index in [1.165, 1.54) is 18.4 Å². The first-order valence-electron chi connectivity index (χ1n) is 7.13. The zero-order chi connectivity index (χ0) is 13.1. The summed E-state index contributed by atoms with van der Waals surface area (Å²) in [7, 11) is 0. The summed E-state index contributed by atoms with van der Waals surface area (Å²) in [6, 6.07) is 0. The summed E-state index contributed by atoms with van der Waals surface area (Å²) in [5, 5.41) is 0. The van der Waals surface area contributed by atoms with Gasteiger partial charge in [-0.15, -0.1) is 0 Å². The minimum Gasteiger partial charge on any atom is -1.00 e. The molecular formula is C14H24Cl2HfNOSi. The van der Waals surface area contributed by atoms with E-state index in [0.717, 1.165) is 19.3 Å².